The Balaban J connectivity index is 2.03. The van der Waals surface area contributed by atoms with Crippen LogP contribution in [0.15, 0.2) is 40.8 Å². The van der Waals surface area contributed by atoms with Gasteiger partial charge in [-0.1, -0.05) is 0 Å². The molecule has 1 amide bonds. The van der Waals surface area contributed by atoms with Gasteiger partial charge >= 0.3 is 5.97 Å². The first-order valence-corrected chi connectivity index (χ1v) is 6.37. The fourth-order valence-electron chi connectivity index (χ4n) is 1.66. The highest BCUT2D eigenvalue weighted by Gasteiger charge is 2.14. The molecule has 0 radical (unpaired) electrons. The lowest BCUT2D eigenvalue weighted by molar-refractivity contribution is 0.0660. The maximum Gasteiger partial charge on any atom is 0.371 e. The van der Waals surface area contributed by atoms with E-state index in [4.69, 9.17) is 14.3 Å². The minimum atomic E-state index is -1.22. The molecule has 0 aliphatic rings. The zero-order chi connectivity index (χ0) is 15.4. The summed E-state index contributed by atoms with van der Waals surface area (Å²) in [6, 6.07) is 9.40. The SMILES string of the molecule is CC(C)Oc1ccc(NC(=O)c2ccc(C(=O)O)o2)cc1. The summed E-state index contributed by atoms with van der Waals surface area (Å²) < 4.78 is 10.4. The third kappa shape index (κ3) is 3.85. The van der Waals surface area contributed by atoms with Crippen LogP contribution in [0.25, 0.3) is 0 Å². The highest BCUT2D eigenvalue weighted by molar-refractivity contribution is 6.02. The second-order valence-corrected chi connectivity index (χ2v) is 4.61. The molecule has 6 nitrogen and oxygen atoms in total. The van der Waals surface area contributed by atoms with Crippen molar-refractivity contribution in [1.82, 2.24) is 0 Å². The van der Waals surface area contributed by atoms with E-state index in [9.17, 15) is 9.59 Å². The minimum Gasteiger partial charge on any atom is -0.491 e. The molecule has 0 unspecified atom stereocenters. The van der Waals surface area contributed by atoms with E-state index >= 15 is 0 Å². The Labute approximate surface area is 121 Å². The molecule has 110 valence electrons. The normalized spacial score (nSPS) is 10.4. The zero-order valence-electron chi connectivity index (χ0n) is 11.6. The molecule has 2 N–H and O–H groups in total. The summed E-state index contributed by atoms with van der Waals surface area (Å²) in [7, 11) is 0. The molecule has 2 aromatic rings. The first kappa shape index (κ1) is 14.6. The molecule has 0 bridgehead atoms. The fourth-order valence-corrected chi connectivity index (χ4v) is 1.66. The van der Waals surface area contributed by atoms with E-state index < -0.39 is 11.9 Å². The van der Waals surface area contributed by atoms with Gasteiger partial charge in [-0.05, 0) is 50.2 Å². The van der Waals surface area contributed by atoms with E-state index in [1.165, 1.54) is 12.1 Å². The van der Waals surface area contributed by atoms with E-state index in [1.807, 2.05) is 13.8 Å². The molecule has 21 heavy (non-hydrogen) atoms. The van der Waals surface area contributed by atoms with Crippen molar-refractivity contribution in [1.29, 1.82) is 0 Å². The van der Waals surface area contributed by atoms with Crippen LogP contribution in [0.5, 0.6) is 5.75 Å². The van der Waals surface area contributed by atoms with Gasteiger partial charge in [0.25, 0.3) is 5.91 Å². The lowest BCUT2D eigenvalue weighted by Crippen LogP contribution is -2.11. The third-order valence-electron chi connectivity index (χ3n) is 2.52. The Hall–Kier alpha value is -2.76. The number of aromatic carboxylic acids is 1. The molecule has 1 aromatic heterocycles. The van der Waals surface area contributed by atoms with Crippen LogP contribution in [-0.4, -0.2) is 23.1 Å². The molecule has 6 heteroatoms. The van der Waals surface area contributed by atoms with Crippen molar-refractivity contribution < 1.29 is 23.8 Å². The van der Waals surface area contributed by atoms with Crippen molar-refractivity contribution in [3.05, 3.63) is 47.9 Å². The van der Waals surface area contributed by atoms with Gasteiger partial charge in [-0.2, -0.15) is 0 Å². The highest BCUT2D eigenvalue weighted by atomic mass is 16.5. The molecule has 1 heterocycles. The van der Waals surface area contributed by atoms with Crippen molar-refractivity contribution in [2.75, 3.05) is 5.32 Å². The standard InChI is InChI=1S/C15H15NO5/c1-9(2)20-11-5-3-10(4-6-11)16-14(17)12-7-8-13(21-12)15(18)19/h3-9H,1-2H3,(H,16,17)(H,18,19). The molecule has 2 rings (SSSR count). The number of carbonyl (C=O) groups excluding carboxylic acids is 1. The summed E-state index contributed by atoms with van der Waals surface area (Å²) in [6.07, 6.45) is 0.0722. The van der Waals surface area contributed by atoms with Gasteiger partial charge in [-0.25, -0.2) is 4.79 Å². The van der Waals surface area contributed by atoms with Gasteiger partial charge < -0.3 is 19.6 Å². The molecular formula is C15H15NO5. The number of benzene rings is 1. The Morgan fingerprint density at radius 2 is 1.71 bits per heavy atom. The number of carbonyl (C=O) groups is 2. The average Bonchev–Trinajstić information content (AvgIpc) is 2.90. The molecule has 0 spiro atoms. The Kier molecular flexibility index (Phi) is 4.27. The molecule has 0 atom stereocenters. The van der Waals surface area contributed by atoms with Crippen LogP contribution in [0.4, 0.5) is 5.69 Å². The lowest BCUT2D eigenvalue weighted by atomic mass is 10.3. The van der Waals surface area contributed by atoms with Crippen molar-refractivity contribution in [3.8, 4) is 5.75 Å². The largest absolute Gasteiger partial charge is 0.491 e. The van der Waals surface area contributed by atoms with Crippen LogP contribution in [0, 0.1) is 0 Å². The summed E-state index contributed by atoms with van der Waals surface area (Å²) in [5.74, 6) is -1.37. The van der Waals surface area contributed by atoms with Crippen molar-refractivity contribution in [2.24, 2.45) is 0 Å². The highest BCUT2D eigenvalue weighted by Crippen LogP contribution is 2.18. The predicted octanol–water partition coefficient (Wildman–Crippen LogP) is 3.02. The smallest absolute Gasteiger partial charge is 0.371 e. The van der Waals surface area contributed by atoms with Gasteiger partial charge in [0, 0.05) is 5.69 Å². The maximum absolute atomic E-state index is 11.9. The van der Waals surface area contributed by atoms with Gasteiger partial charge in [0.2, 0.25) is 5.76 Å². The monoisotopic (exact) mass is 289 g/mol. The zero-order valence-corrected chi connectivity index (χ0v) is 11.6. The second kappa shape index (κ2) is 6.13. The van der Waals surface area contributed by atoms with Crippen LogP contribution in [0.2, 0.25) is 0 Å². The van der Waals surface area contributed by atoms with Crippen LogP contribution in [0.1, 0.15) is 35.0 Å². The number of hydrogen-bond donors (Lipinski definition) is 2. The summed E-state index contributed by atoms with van der Waals surface area (Å²) in [6.45, 7) is 3.85. The lowest BCUT2D eigenvalue weighted by Gasteiger charge is -2.10. The van der Waals surface area contributed by atoms with Gasteiger partial charge in [0.15, 0.2) is 5.76 Å². The Morgan fingerprint density at radius 3 is 2.24 bits per heavy atom. The van der Waals surface area contributed by atoms with Gasteiger partial charge in [-0.3, -0.25) is 4.79 Å². The summed E-state index contributed by atoms with van der Waals surface area (Å²) in [5, 5.41) is 11.3. The summed E-state index contributed by atoms with van der Waals surface area (Å²) >= 11 is 0. The maximum atomic E-state index is 11.9. The predicted molar refractivity (Wildman–Crippen MR) is 75.8 cm³/mol. The number of carboxylic acids is 1. The Morgan fingerprint density at radius 1 is 1.10 bits per heavy atom. The van der Waals surface area contributed by atoms with Crippen molar-refractivity contribution >= 4 is 17.6 Å². The van der Waals surface area contributed by atoms with E-state index in [2.05, 4.69) is 5.32 Å². The Bertz CT molecular complexity index is 642. The number of ether oxygens (including phenoxy) is 1. The molecule has 0 aliphatic carbocycles. The molecule has 0 fully saturated rings. The van der Waals surface area contributed by atoms with E-state index in [-0.39, 0.29) is 17.6 Å². The second-order valence-electron chi connectivity index (χ2n) is 4.61. The summed E-state index contributed by atoms with van der Waals surface area (Å²) in [5.41, 5.74) is 0.560. The van der Waals surface area contributed by atoms with Crippen LogP contribution in [-0.2, 0) is 0 Å². The quantitative estimate of drug-likeness (QED) is 0.883. The summed E-state index contributed by atoms with van der Waals surface area (Å²) in [4.78, 5) is 22.6. The fraction of sp³-hybridized carbons (Fsp3) is 0.200. The number of amides is 1. The molecule has 0 saturated carbocycles. The van der Waals surface area contributed by atoms with E-state index in [1.54, 1.807) is 24.3 Å². The molecule has 0 aliphatic heterocycles. The first-order chi connectivity index (χ1) is 9.95. The third-order valence-corrected chi connectivity index (χ3v) is 2.52. The first-order valence-electron chi connectivity index (χ1n) is 6.37. The number of hydrogen-bond acceptors (Lipinski definition) is 4. The average molecular weight is 289 g/mol. The van der Waals surface area contributed by atoms with E-state index in [0.29, 0.717) is 11.4 Å². The van der Waals surface area contributed by atoms with Crippen LogP contribution < -0.4 is 10.1 Å². The number of anilines is 1. The van der Waals surface area contributed by atoms with Gasteiger partial charge in [0.1, 0.15) is 5.75 Å². The number of nitrogens with one attached hydrogen (secondary N) is 1. The number of carboxylic acid groups (broad SMARTS) is 1. The molecule has 1 aromatic carbocycles. The molecular weight excluding hydrogens is 274 g/mol. The number of rotatable bonds is 5. The van der Waals surface area contributed by atoms with Crippen LogP contribution in [0.3, 0.4) is 0 Å². The van der Waals surface area contributed by atoms with Crippen molar-refractivity contribution in [3.63, 3.8) is 0 Å². The van der Waals surface area contributed by atoms with Gasteiger partial charge in [-0.15, -0.1) is 0 Å². The van der Waals surface area contributed by atoms with Crippen LogP contribution >= 0.6 is 0 Å². The van der Waals surface area contributed by atoms with E-state index in [0.717, 1.165) is 0 Å². The number of furan rings is 1. The topological polar surface area (TPSA) is 88.8 Å². The van der Waals surface area contributed by atoms with Gasteiger partial charge in [0.05, 0.1) is 6.10 Å². The minimum absolute atomic E-state index is 0.0603. The molecule has 0 saturated heterocycles. The van der Waals surface area contributed by atoms with Crippen molar-refractivity contribution in [2.45, 2.75) is 20.0 Å².